The van der Waals surface area contributed by atoms with Crippen molar-refractivity contribution in [3.05, 3.63) is 23.3 Å². The van der Waals surface area contributed by atoms with Crippen molar-refractivity contribution in [1.29, 1.82) is 5.26 Å². The average molecular weight is 549 g/mol. The lowest BCUT2D eigenvalue weighted by Crippen LogP contribution is -2.60. The molecule has 5 heteroatoms. The van der Waals surface area contributed by atoms with E-state index in [4.69, 9.17) is 4.74 Å². The van der Waals surface area contributed by atoms with Crippen LogP contribution >= 0.6 is 0 Å². The number of hydrogen-bond donors (Lipinski definition) is 1. The summed E-state index contributed by atoms with van der Waals surface area (Å²) < 4.78 is 5.99. The lowest BCUT2D eigenvalue weighted by Gasteiger charge is -2.65. The maximum Gasteiger partial charge on any atom is 0.226 e. The van der Waals surface area contributed by atoms with E-state index in [1.165, 1.54) is 5.57 Å². The molecule has 4 unspecified atom stereocenters. The lowest BCUT2D eigenvalue weighted by molar-refractivity contribution is -0.153. The molecule has 1 aliphatic heterocycles. The van der Waals surface area contributed by atoms with Gasteiger partial charge >= 0.3 is 0 Å². The van der Waals surface area contributed by atoms with Crippen LogP contribution in [0.1, 0.15) is 114 Å². The van der Waals surface area contributed by atoms with E-state index < -0.39 is 10.8 Å². The number of allylic oxidation sites excluding steroid dienone is 3. The standard InChI is InChI=1S/C35H52N2O3/c1-10-37-29(39)35-15-13-30(3,4)19-24(35)20-32(7,14-16-35)34(9)12-11-26-31(5,6)28(38)23(21-36)18-33(26,8)27(34)17-25-22(2)40-25/h17-18,22,24-26H,10-16,19-20H2,1-9H3,(H,37,39)/b27-17-/t22?,24?,25?,26?,32-,33+,34-,35+/m1/s1. The zero-order chi connectivity index (χ0) is 29.5. The van der Waals surface area contributed by atoms with E-state index >= 15 is 0 Å². The molecular weight excluding hydrogens is 496 g/mol. The van der Waals surface area contributed by atoms with Gasteiger partial charge in [0, 0.05) is 17.4 Å². The monoisotopic (exact) mass is 548 g/mol. The number of nitrogens with zero attached hydrogens (tertiary/aromatic N) is 1. The minimum absolute atomic E-state index is 0.00866. The second-order valence-electron chi connectivity index (χ2n) is 16.2. The molecule has 1 heterocycles. The molecule has 0 bridgehead atoms. The predicted octanol–water partition coefficient (Wildman–Crippen LogP) is 7.32. The van der Waals surface area contributed by atoms with Crippen molar-refractivity contribution in [3.63, 3.8) is 0 Å². The Morgan fingerprint density at radius 2 is 1.73 bits per heavy atom. The molecule has 0 aromatic heterocycles. The minimum Gasteiger partial charge on any atom is -0.365 e. The lowest BCUT2D eigenvalue weighted by atomic mass is 9.38. The number of ketones is 1. The highest BCUT2D eigenvalue weighted by Crippen LogP contribution is 2.71. The van der Waals surface area contributed by atoms with Crippen molar-refractivity contribution < 1.29 is 14.3 Å². The number of ether oxygens (including phenoxy) is 1. The fraction of sp³-hybridized carbons (Fsp3) is 0.800. The highest BCUT2D eigenvalue weighted by Gasteiger charge is 2.65. The SMILES string of the molecule is CCNC(=O)[C@]12CCC(C)(C)CC1C[C@](C)([C@]1(C)CCC3C(C)(C)C(=O)C(C#N)=C[C@]3(C)/C1=C/C1OC1C)CC2. The fourth-order valence-electron chi connectivity index (χ4n) is 10.1. The van der Waals surface area contributed by atoms with Crippen LogP contribution in [0.4, 0.5) is 0 Å². The van der Waals surface area contributed by atoms with Gasteiger partial charge in [-0.05, 0) is 93.3 Å². The number of carbonyl (C=O) groups is 2. The number of nitriles is 1. The maximum absolute atomic E-state index is 13.7. The quantitative estimate of drug-likeness (QED) is 0.295. The third-order valence-corrected chi connectivity index (χ3v) is 13.0. The van der Waals surface area contributed by atoms with Gasteiger partial charge in [0.1, 0.15) is 12.2 Å². The number of amides is 1. The molecule has 0 radical (unpaired) electrons. The molecule has 5 rings (SSSR count). The summed E-state index contributed by atoms with van der Waals surface area (Å²) in [4.78, 5) is 27.1. The Morgan fingerprint density at radius 1 is 1.07 bits per heavy atom. The number of carbonyl (C=O) groups excluding carboxylic acids is 2. The van der Waals surface area contributed by atoms with Crippen LogP contribution in [0.3, 0.4) is 0 Å². The van der Waals surface area contributed by atoms with Gasteiger partial charge in [-0.1, -0.05) is 66.2 Å². The minimum atomic E-state index is -0.598. The molecule has 4 aliphatic carbocycles. The molecule has 0 aromatic rings. The van der Waals surface area contributed by atoms with Crippen molar-refractivity contribution in [2.45, 2.75) is 126 Å². The van der Waals surface area contributed by atoms with Gasteiger partial charge < -0.3 is 10.1 Å². The summed E-state index contributed by atoms with van der Waals surface area (Å²) in [7, 11) is 0. The summed E-state index contributed by atoms with van der Waals surface area (Å²) in [6.45, 7) is 20.9. The first-order valence-corrected chi connectivity index (χ1v) is 15.8. The zero-order valence-corrected chi connectivity index (χ0v) is 26.5. The number of hydrogen-bond acceptors (Lipinski definition) is 4. The van der Waals surface area contributed by atoms with Crippen LogP contribution < -0.4 is 5.32 Å². The van der Waals surface area contributed by atoms with Gasteiger partial charge in [-0.3, -0.25) is 9.59 Å². The Morgan fingerprint density at radius 3 is 2.33 bits per heavy atom. The van der Waals surface area contributed by atoms with Crippen LogP contribution in [-0.4, -0.2) is 30.4 Å². The molecule has 0 spiro atoms. The Bertz CT molecular complexity index is 1210. The third kappa shape index (κ3) is 4.18. The van der Waals surface area contributed by atoms with Gasteiger partial charge in [-0.25, -0.2) is 0 Å². The first kappa shape index (κ1) is 29.6. The molecule has 40 heavy (non-hydrogen) atoms. The summed E-state index contributed by atoms with van der Waals surface area (Å²) in [5.41, 5.74) is 0.496. The molecule has 5 aliphatic rings. The molecule has 220 valence electrons. The van der Waals surface area contributed by atoms with Gasteiger partial charge in [0.15, 0.2) is 5.78 Å². The van der Waals surface area contributed by atoms with Crippen LogP contribution in [0, 0.1) is 55.7 Å². The number of fused-ring (bicyclic) bond motifs is 2. The Balaban J connectivity index is 1.61. The topological polar surface area (TPSA) is 82.5 Å². The van der Waals surface area contributed by atoms with Crippen LogP contribution in [-0.2, 0) is 14.3 Å². The van der Waals surface area contributed by atoms with E-state index in [1.54, 1.807) is 0 Å². The van der Waals surface area contributed by atoms with Crippen LogP contribution in [0.15, 0.2) is 23.3 Å². The van der Waals surface area contributed by atoms with Crippen LogP contribution in [0.25, 0.3) is 0 Å². The van der Waals surface area contributed by atoms with Crippen molar-refractivity contribution in [2.24, 2.45) is 44.3 Å². The van der Waals surface area contributed by atoms with Crippen molar-refractivity contribution in [2.75, 3.05) is 6.54 Å². The Hall–Kier alpha value is -1.93. The fourth-order valence-corrected chi connectivity index (χ4v) is 10.1. The highest BCUT2D eigenvalue weighted by atomic mass is 16.6. The van der Waals surface area contributed by atoms with E-state index in [9.17, 15) is 14.9 Å². The normalized spacial score (nSPS) is 46.5. The molecular formula is C35H52N2O3. The summed E-state index contributed by atoms with van der Waals surface area (Å²) in [5, 5.41) is 13.3. The summed E-state index contributed by atoms with van der Waals surface area (Å²) in [6, 6.07) is 2.27. The summed E-state index contributed by atoms with van der Waals surface area (Å²) in [5.74, 6) is 0.726. The van der Waals surface area contributed by atoms with Gasteiger partial charge in [0.2, 0.25) is 5.91 Å². The molecule has 3 saturated carbocycles. The molecule has 1 amide bonds. The Labute approximate surface area is 242 Å². The second kappa shape index (κ2) is 9.29. The second-order valence-corrected chi connectivity index (χ2v) is 16.2. The van der Waals surface area contributed by atoms with E-state index in [0.29, 0.717) is 18.0 Å². The van der Waals surface area contributed by atoms with E-state index in [0.717, 1.165) is 51.4 Å². The zero-order valence-electron chi connectivity index (χ0n) is 26.5. The Kier molecular flexibility index (Phi) is 6.86. The van der Waals surface area contributed by atoms with Crippen molar-refractivity contribution >= 4 is 11.7 Å². The van der Waals surface area contributed by atoms with E-state index in [2.05, 4.69) is 59.0 Å². The number of nitrogens with one attached hydrogen (secondary N) is 1. The van der Waals surface area contributed by atoms with Crippen LogP contribution in [0.5, 0.6) is 0 Å². The van der Waals surface area contributed by atoms with Gasteiger partial charge in [-0.15, -0.1) is 0 Å². The first-order valence-electron chi connectivity index (χ1n) is 15.8. The predicted molar refractivity (Wildman–Crippen MR) is 158 cm³/mol. The van der Waals surface area contributed by atoms with E-state index in [-0.39, 0.29) is 51.5 Å². The van der Waals surface area contributed by atoms with Crippen molar-refractivity contribution in [3.8, 4) is 6.07 Å². The highest BCUT2D eigenvalue weighted by molar-refractivity contribution is 6.04. The number of Topliss-reactive ketones (excluding diaryl/α,β-unsaturated/α-hetero) is 1. The van der Waals surface area contributed by atoms with Gasteiger partial charge in [-0.2, -0.15) is 5.26 Å². The molecule has 1 N–H and O–H groups in total. The van der Waals surface area contributed by atoms with Gasteiger partial charge in [0.25, 0.3) is 0 Å². The number of rotatable bonds is 4. The van der Waals surface area contributed by atoms with Gasteiger partial charge in [0.05, 0.1) is 17.1 Å². The average Bonchev–Trinajstić information content (AvgIpc) is 3.57. The molecule has 8 atom stereocenters. The molecule has 4 fully saturated rings. The molecule has 0 aromatic carbocycles. The summed E-state index contributed by atoms with van der Waals surface area (Å²) >= 11 is 0. The van der Waals surface area contributed by atoms with Crippen LogP contribution in [0.2, 0.25) is 0 Å². The molecule has 5 nitrogen and oxygen atoms in total. The summed E-state index contributed by atoms with van der Waals surface area (Å²) in [6.07, 6.45) is 12.8. The number of epoxide rings is 1. The third-order valence-electron chi connectivity index (χ3n) is 13.0. The van der Waals surface area contributed by atoms with Crippen molar-refractivity contribution in [1.82, 2.24) is 5.32 Å². The van der Waals surface area contributed by atoms with E-state index in [1.807, 2.05) is 26.8 Å². The molecule has 1 saturated heterocycles. The first-order chi connectivity index (χ1) is 18.5. The maximum atomic E-state index is 13.7. The largest absolute Gasteiger partial charge is 0.365 e. The smallest absolute Gasteiger partial charge is 0.226 e.